The lowest BCUT2D eigenvalue weighted by Crippen LogP contribution is -2.05. The van der Waals surface area contributed by atoms with Gasteiger partial charge in [-0.25, -0.2) is 0 Å². The first-order valence-corrected chi connectivity index (χ1v) is 6.04. The Hall–Kier alpha value is -1.40. The van der Waals surface area contributed by atoms with Crippen LogP contribution in [0.5, 0.6) is 0 Å². The zero-order chi connectivity index (χ0) is 11.4. The molecule has 5 nitrogen and oxygen atoms in total. The molecule has 0 saturated carbocycles. The molecule has 0 saturated heterocycles. The van der Waals surface area contributed by atoms with Gasteiger partial charge < -0.3 is 15.5 Å². The Morgan fingerprint density at radius 3 is 3.06 bits per heavy atom. The largest absolute Gasteiger partial charge is 0.406 e. The fraction of sp³-hybridized carbons (Fsp3) is 0.400. The first-order valence-electron chi connectivity index (χ1n) is 5.09. The Morgan fingerprint density at radius 2 is 2.44 bits per heavy atom. The second kappa shape index (κ2) is 5.09. The molecule has 0 radical (unpaired) electrons. The van der Waals surface area contributed by atoms with Crippen molar-refractivity contribution in [3.63, 3.8) is 0 Å². The maximum absolute atomic E-state index is 5.61. The molecule has 0 fully saturated rings. The summed E-state index contributed by atoms with van der Waals surface area (Å²) >= 11 is 1.70. The quantitative estimate of drug-likeness (QED) is 0.830. The fourth-order valence-corrected chi connectivity index (χ4v) is 1.94. The molecule has 1 unspecified atom stereocenters. The van der Waals surface area contributed by atoms with Crippen molar-refractivity contribution in [1.82, 2.24) is 10.2 Å². The fourth-order valence-electron chi connectivity index (χ4n) is 1.24. The van der Waals surface area contributed by atoms with Gasteiger partial charge in [0.05, 0.1) is 6.04 Å². The van der Waals surface area contributed by atoms with E-state index in [0.29, 0.717) is 11.9 Å². The number of aromatic nitrogens is 2. The SMILES string of the molecule is CC(N)c1nnc(NCCc2ccsc2)o1. The van der Waals surface area contributed by atoms with Gasteiger partial charge >= 0.3 is 6.01 Å². The molecule has 2 heterocycles. The van der Waals surface area contributed by atoms with Gasteiger partial charge in [0.2, 0.25) is 5.89 Å². The van der Waals surface area contributed by atoms with Gasteiger partial charge in [-0.2, -0.15) is 11.3 Å². The molecule has 0 amide bonds. The summed E-state index contributed by atoms with van der Waals surface area (Å²) in [5, 5.41) is 14.9. The first-order chi connectivity index (χ1) is 7.75. The number of nitrogens with zero attached hydrogens (tertiary/aromatic N) is 2. The Balaban J connectivity index is 1.81. The first kappa shape index (κ1) is 11.1. The molecule has 0 aliphatic rings. The van der Waals surface area contributed by atoms with Crippen molar-refractivity contribution in [2.45, 2.75) is 19.4 Å². The molecule has 0 bridgehead atoms. The molecule has 6 heteroatoms. The third-order valence-electron chi connectivity index (χ3n) is 2.10. The van der Waals surface area contributed by atoms with Gasteiger partial charge in [-0.3, -0.25) is 0 Å². The summed E-state index contributed by atoms with van der Waals surface area (Å²) in [6.45, 7) is 2.58. The van der Waals surface area contributed by atoms with Gasteiger partial charge in [0.1, 0.15) is 0 Å². The third-order valence-corrected chi connectivity index (χ3v) is 2.83. The number of anilines is 1. The highest BCUT2D eigenvalue weighted by atomic mass is 32.1. The zero-order valence-electron chi connectivity index (χ0n) is 9.01. The molecule has 0 aromatic carbocycles. The van der Waals surface area contributed by atoms with Crippen molar-refractivity contribution < 1.29 is 4.42 Å². The lowest BCUT2D eigenvalue weighted by Gasteiger charge is -1.99. The summed E-state index contributed by atoms with van der Waals surface area (Å²) in [4.78, 5) is 0. The van der Waals surface area contributed by atoms with E-state index in [0.717, 1.165) is 13.0 Å². The number of nitrogens with two attached hydrogens (primary N) is 1. The lowest BCUT2D eigenvalue weighted by molar-refractivity contribution is 0.473. The van der Waals surface area contributed by atoms with E-state index in [2.05, 4.69) is 32.3 Å². The van der Waals surface area contributed by atoms with E-state index in [1.807, 2.05) is 6.92 Å². The number of thiophene rings is 1. The Morgan fingerprint density at radius 1 is 1.56 bits per heavy atom. The van der Waals surface area contributed by atoms with Crippen molar-refractivity contribution in [2.75, 3.05) is 11.9 Å². The predicted octanol–water partition coefficient (Wildman–Crippen LogP) is 1.81. The molecule has 0 spiro atoms. The topological polar surface area (TPSA) is 77.0 Å². The van der Waals surface area contributed by atoms with E-state index in [4.69, 9.17) is 10.2 Å². The average Bonchev–Trinajstić information content (AvgIpc) is 2.87. The minimum Gasteiger partial charge on any atom is -0.406 e. The van der Waals surface area contributed by atoms with Crippen LogP contribution in [0.1, 0.15) is 24.4 Å². The summed E-state index contributed by atoms with van der Waals surface area (Å²) in [6.07, 6.45) is 0.944. The summed E-state index contributed by atoms with van der Waals surface area (Å²) in [6, 6.07) is 2.32. The van der Waals surface area contributed by atoms with Gasteiger partial charge in [-0.05, 0) is 35.7 Å². The second-order valence-electron chi connectivity index (χ2n) is 3.54. The molecule has 86 valence electrons. The van der Waals surface area contributed by atoms with Crippen molar-refractivity contribution in [3.8, 4) is 0 Å². The van der Waals surface area contributed by atoms with Gasteiger partial charge in [0.25, 0.3) is 0 Å². The van der Waals surface area contributed by atoms with Crippen LogP contribution >= 0.6 is 11.3 Å². The molecule has 2 rings (SSSR count). The van der Waals surface area contributed by atoms with Crippen LogP contribution in [0.4, 0.5) is 6.01 Å². The maximum atomic E-state index is 5.61. The van der Waals surface area contributed by atoms with Crippen LogP contribution in [0.3, 0.4) is 0 Å². The van der Waals surface area contributed by atoms with Crippen LogP contribution < -0.4 is 11.1 Å². The molecular formula is C10H14N4OS. The van der Waals surface area contributed by atoms with Crippen molar-refractivity contribution in [3.05, 3.63) is 28.3 Å². The monoisotopic (exact) mass is 238 g/mol. The minimum atomic E-state index is -0.222. The number of rotatable bonds is 5. The van der Waals surface area contributed by atoms with E-state index in [9.17, 15) is 0 Å². The van der Waals surface area contributed by atoms with Crippen molar-refractivity contribution >= 4 is 17.4 Å². The molecule has 2 aromatic rings. The van der Waals surface area contributed by atoms with E-state index < -0.39 is 0 Å². The normalized spacial score (nSPS) is 12.6. The summed E-state index contributed by atoms with van der Waals surface area (Å²) in [5.41, 5.74) is 6.92. The van der Waals surface area contributed by atoms with Gasteiger partial charge in [0.15, 0.2) is 0 Å². The van der Waals surface area contributed by atoms with Crippen LogP contribution in [0.2, 0.25) is 0 Å². The lowest BCUT2D eigenvalue weighted by atomic mass is 10.2. The smallest absolute Gasteiger partial charge is 0.315 e. The number of hydrogen-bond donors (Lipinski definition) is 2. The van der Waals surface area contributed by atoms with Crippen LogP contribution in [0, 0.1) is 0 Å². The Bertz CT molecular complexity index is 424. The maximum Gasteiger partial charge on any atom is 0.315 e. The molecular weight excluding hydrogens is 224 g/mol. The second-order valence-corrected chi connectivity index (χ2v) is 4.32. The van der Waals surface area contributed by atoms with Crippen molar-refractivity contribution in [2.24, 2.45) is 5.73 Å². The van der Waals surface area contributed by atoms with Crippen LogP contribution in [-0.2, 0) is 6.42 Å². The number of nitrogens with one attached hydrogen (secondary N) is 1. The van der Waals surface area contributed by atoms with Crippen molar-refractivity contribution in [1.29, 1.82) is 0 Å². The number of hydrogen-bond acceptors (Lipinski definition) is 6. The molecule has 0 aliphatic carbocycles. The average molecular weight is 238 g/mol. The molecule has 16 heavy (non-hydrogen) atoms. The van der Waals surface area contributed by atoms with E-state index in [1.165, 1.54) is 5.56 Å². The van der Waals surface area contributed by atoms with E-state index >= 15 is 0 Å². The van der Waals surface area contributed by atoms with Crippen LogP contribution in [0.25, 0.3) is 0 Å². The van der Waals surface area contributed by atoms with Crippen LogP contribution in [-0.4, -0.2) is 16.7 Å². The molecule has 2 aromatic heterocycles. The van der Waals surface area contributed by atoms with Gasteiger partial charge in [0, 0.05) is 6.54 Å². The van der Waals surface area contributed by atoms with E-state index in [-0.39, 0.29) is 6.04 Å². The van der Waals surface area contributed by atoms with E-state index in [1.54, 1.807) is 11.3 Å². The third kappa shape index (κ3) is 2.80. The Labute approximate surface area is 97.7 Å². The predicted molar refractivity (Wildman–Crippen MR) is 63.4 cm³/mol. The highest BCUT2D eigenvalue weighted by Gasteiger charge is 2.08. The molecule has 0 aliphatic heterocycles. The standard InChI is InChI=1S/C10H14N4OS/c1-7(11)9-13-14-10(15-9)12-4-2-8-3-5-16-6-8/h3,5-7H,2,4,11H2,1H3,(H,12,14). The molecule has 3 N–H and O–H groups in total. The summed E-state index contributed by atoms with van der Waals surface area (Å²) < 4.78 is 5.31. The molecule has 1 atom stereocenters. The van der Waals surface area contributed by atoms with Gasteiger partial charge in [-0.1, -0.05) is 5.10 Å². The summed E-state index contributed by atoms with van der Waals surface area (Å²) in [5.74, 6) is 0.457. The highest BCUT2D eigenvalue weighted by molar-refractivity contribution is 7.07. The Kier molecular flexibility index (Phi) is 3.53. The minimum absolute atomic E-state index is 0.222. The van der Waals surface area contributed by atoms with Crippen LogP contribution in [0.15, 0.2) is 21.2 Å². The van der Waals surface area contributed by atoms with Gasteiger partial charge in [-0.15, -0.1) is 5.10 Å². The summed E-state index contributed by atoms with van der Waals surface area (Å²) in [7, 11) is 0. The highest BCUT2D eigenvalue weighted by Crippen LogP contribution is 2.11. The zero-order valence-corrected chi connectivity index (χ0v) is 9.83.